The van der Waals surface area contributed by atoms with Crippen molar-refractivity contribution in [2.45, 2.75) is 6.18 Å². The van der Waals surface area contributed by atoms with E-state index in [0.717, 1.165) is 36.8 Å². The van der Waals surface area contributed by atoms with Crippen molar-refractivity contribution in [2.75, 3.05) is 37.6 Å². The number of benzene rings is 2. The smallest absolute Gasteiger partial charge is 0.408 e. The van der Waals surface area contributed by atoms with Crippen LogP contribution in [0.25, 0.3) is 17.2 Å². The predicted molar refractivity (Wildman–Crippen MR) is 111 cm³/mol. The molecule has 3 aromatic rings. The number of hydrogen-bond donors (Lipinski definition) is 0. The first-order valence-corrected chi connectivity index (χ1v) is 9.72. The van der Waals surface area contributed by atoms with Crippen molar-refractivity contribution >= 4 is 22.9 Å². The van der Waals surface area contributed by atoms with Crippen molar-refractivity contribution in [1.82, 2.24) is 9.47 Å². The summed E-state index contributed by atoms with van der Waals surface area (Å²) in [5, 5.41) is 0. The van der Waals surface area contributed by atoms with E-state index in [-0.39, 0.29) is 5.76 Å². The molecule has 5 nitrogen and oxygen atoms in total. The van der Waals surface area contributed by atoms with Crippen LogP contribution < -0.4 is 10.7 Å². The van der Waals surface area contributed by atoms with Gasteiger partial charge < -0.3 is 9.32 Å². The van der Waals surface area contributed by atoms with E-state index in [1.54, 1.807) is 13.1 Å². The lowest BCUT2D eigenvalue weighted by Crippen LogP contribution is -2.46. The zero-order valence-electron chi connectivity index (χ0n) is 16.5. The minimum Gasteiger partial charge on any atom is -0.408 e. The number of oxazole rings is 1. The summed E-state index contributed by atoms with van der Waals surface area (Å²) in [7, 11) is 1.67. The largest absolute Gasteiger partial charge is 0.419 e. The molecule has 2 aromatic carbocycles. The lowest BCUT2D eigenvalue weighted by molar-refractivity contribution is -0.137. The number of aryl methyl sites for hydroxylation is 1. The summed E-state index contributed by atoms with van der Waals surface area (Å²) in [5.41, 5.74) is 2.25. The summed E-state index contributed by atoms with van der Waals surface area (Å²) in [6.07, 6.45) is -0.304. The van der Waals surface area contributed by atoms with Gasteiger partial charge in [0.25, 0.3) is 0 Å². The zero-order valence-corrected chi connectivity index (χ0v) is 16.5. The Kier molecular flexibility index (Phi) is 5.42. The number of anilines is 1. The molecular weight excluding hydrogens is 395 g/mol. The quantitative estimate of drug-likeness (QED) is 0.644. The molecule has 0 N–H and O–H groups in total. The van der Waals surface area contributed by atoms with E-state index in [2.05, 4.69) is 4.90 Å². The minimum atomic E-state index is -4.33. The molecule has 0 aliphatic carbocycles. The topological polar surface area (TPSA) is 41.6 Å². The van der Waals surface area contributed by atoms with Crippen LogP contribution in [-0.4, -0.2) is 42.2 Å². The summed E-state index contributed by atoms with van der Waals surface area (Å²) in [4.78, 5) is 15.8. The second-order valence-electron chi connectivity index (χ2n) is 7.39. The number of rotatable bonds is 4. The second kappa shape index (κ2) is 8.02. The van der Waals surface area contributed by atoms with Gasteiger partial charge >= 0.3 is 11.9 Å². The summed E-state index contributed by atoms with van der Waals surface area (Å²) < 4.78 is 45.5. The molecular formula is C22H22F3N3O2. The third-order valence-electron chi connectivity index (χ3n) is 5.40. The maximum absolute atomic E-state index is 12.9. The van der Waals surface area contributed by atoms with Gasteiger partial charge in [0.05, 0.1) is 11.1 Å². The average molecular weight is 417 g/mol. The maximum atomic E-state index is 12.9. The highest BCUT2D eigenvalue weighted by molar-refractivity contribution is 5.76. The number of fused-ring (bicyclic) bond motifs is 1. The van der Waals surface area contributed by atoms with Gasteiger partial charge in [-0.15, -0.1) is 0 Å². The van der Waals surface area contributed by atoms with E-state index < -0.39 is 11.7 Å². The Labute approximate surface area is 171 Å². The molecule has 0 saturated carbocycles. The first kappa shape index (κ1) is 20.3. The number of aromatic nitrogens is 1. The summed E-state index contributed by atoms with van der Waals surface area (Å²) >= 11 is 0. The summed E-state index contributed by atoms with van der Waals surface area (Å²) in [6, 6.07) is 11.1. The molecule has 0 atom stereocenters. The van der Waals surface area contributed by atoms with Crippen LogP contribution in [0.15, 0.2) is 57.8 Å². The van der Waals surface area contributed by atoms with Crippen LogP contribution in [0.5, 0.6) is 0 Å². The number of piperazine rings is 1. The van der Waals surface area contributed by atoms with Crippen molar-refractivity contribution in [3.05, 3.63) is 70.2 Å². The van der Waals surface area contributed by atoms with Crippen LogP contribution in [0.2, 0.25) is 0 Å². The van der Waals surface area contributed by atoms with Crippen molar-refractivity contribution in [3.8, 4) is 0 Å². The fourth-order valence-electron chi connectivity index (χ4n) is 3.66. The van der Waals surface area contributed by atoms with Gasteiger partial charge in [0.15, 0.2) is 5.58 Å². The van der Waals surface area contributed by atoms with Gasteiger partial charge in [0.2, 0.25) is 0 Å². The van der Waals surface area contributed by atoms with Crippen molar-refractivity contribution in [3.63, 3.8) is 0 Å². The number of alkyl halides is 3. The normalized spacial score (nSPS) is 16.1. The van der Waals surface area contributed by atoms with Crippen molar-refractivity contribution in [2.24, 2.45) is 7.05 Å². The molecule has 1 fully saturated rings. The Bertz CT molecular complexity index is 1120. The Balaban J connectivity index is 1.33. The predicted octanol–water partition coefficient (Wildman–Crippen LogP) is 3.99. The van der Waals surface area contributed by atoms with Crippen LogP contribution in [-0.2, 0) is 13.2 Å². The standard InChI is InChI=1S/C22H22F3N3O2/c1-26-19-8-7-16(14-20(19)30-21(26)29)4-3-9-27-10-12-28(13-11-27)18-6-2-5-17(15-18)22(23,24)25/h2-8,14-15H,9-13H2,1H3/b4-3+. The first-order valence-electron chi connectivity index (χ1n) is 9.72. The van der Waals surface area contributed by atoms with E-state index in [1.165, 1.54) is 16.7 Å². The lowest BCUT2D eigenvalue weighted by Gasteiger charge is -2.35. The number of nitrogens with zero attached hydrogens (tertiary/aromatic N) is 3. The van der Waals surface area contributed by atoms with E-state index in [4.69, 9.17) is 4.42 Å². The van der Waals surface area contributed by atoms with Gasteiger partial charge in [-0.05, 0) is 35.9 Å². The van der Waals surface area contributed by atoms with E-state index in [1.807, 2.05) is 35.3 Å². The SMILES string of the molecule is Cn1c(=O)oc2cc(/C=C/CN3CCN(c4cccc(C(F)(F)F)c4)CC3)ccc21. The Hall–Kier alpha value is -3.00. The molecule has 158 valence electrons. The Morgan fingerprint density at radius 2 is 1.83 bits per heavy atom. The molecule has 2 heterocycles. The minimum absolute atomic E-state index is 0.384. The summed E-state index contributed by atoms with van der Waals surface area (Å²) in [6.45, 7) is 3.64. The first-order chi connectivity index (χ1) is 14.3. The third kappa shape index (κ3) is 4.28. The van der Waals surface area contributed by atoms with Gasteiger partial charge in [0.1, 0.15) is 0 Å². The lowest BCUT2D eigenvalue weighted by atomic mass is 10.1. The Morgan fingerprint density at radius 1 is 1.07 bits per heavy atom. The number of halogens is 3. The van der Waals surface area contributed by atoms with Gasteiger partial charge in [-0.25, -0.2) is 4.79 Å². The highest BCUT2D eigenvalue weighted by Crippen LogP contribution is 2.31. The zero-order chi connectivity index (χ0) is 21.3. The van der Waals surface area contributed by atoms with Gasteiger partial charge in [-0.1, -0.05) is 24.3 Å². The average Bonchev–Trinajstić information content (AvgIpc) is 3.01. The summed E-state index contributed by atoms with van der Waals surface area (Å²) in [5.74, 6) is -0.384. The van der Waals surface area contributed by atoms with E-state index >= 15 is 0 Å². The highest BCUT2D eigenvalue weighted by Gasteiger charge is 2.31. The second-order valence-corrected chi connectivity index (χ2v) is 7.39. The van der Waals surface area contributed by atoms with Crippen LogP contribution in [0.1, 0.15) is 11.1 Å². The molecule has 30 heavy (non-hydrogen) atoms. The van der Waals surface area contributed by atoms with Crippen LogP contribution >= 0.6 is 0 Å². The molecule has 1 aliphatic rings. The molecule has 1 aromatic heterocycles. The maximum Gasteiger partial charge on any atom is 0.419 e. The number of hydrogen-bond acceptors (Lipinski definition) is 4. The van der Waals surface area contributed by atoms with Gasteiger partial charge in [-0.2, -0.15) is 13.2 Å². The van der Waals surface area contributed by atoms with Crippen molar-refractivity contribution < 1.29 is 17.6 Å². The van der Waals surface area contributed by atoms with E-state index in [0.29, 0.717) is 24.4 Å². The van der Waals surface area contributed by atoms with E-state index in [9.17, 15) is 18.0 Å². The molecule has 0 amide bonds. The molecule has 1 saturated heterocycles. The van der Waals surface area contributed by atoms with Gasteiger partial charge in [0, 0.05) is 45.5 Å². The highest BCUT2D eigenvalue weighted by atomic mass is 19.4. The molecule has 8 heteroatoms. The Morgan fingerprint density at radius 3 is 2.57 bits per heavy atom. The van der Waals surface area contributed by atoms with Crippen LogP contribution in [0.4, 0.5) is 18.9 Å². The molecule has 4 rings (SSSR count). The van der Waals surface area contributed by atoms with Crippen LogP contribution in [0.3, 0.4) is 0 Å². The van der Waals surface area contributed by atoms with Crippen LogP contribution in [0, 0.1) is 0 Å². The van der Waals surface area contributed by atoms with Crippen molar-refractivity contribution in [1.29, 1.82) is 0 Å². The third-order valence-corrected chi connectivity index (χ3v) is 5.40. The molecule has 0 bridgehead atoms. The fourth-order valence-corrected chi connectivity index (χ4v) is 3.66. The molecule has 0 unspecified atom stereocenters. The fraction of sp³-hybridized carbons (Fsp3) is 0.318. The molecule has 0 spiro atoms. The monoisotopic (exact) mass is 417 g/mol. The van der Waals surface area contributed by atoms with Gasteiger partial charge in [-0.3, -0.25) is 9.47 Å². The molecule has 0 radical (unpaired) electrons. The molecule has 1 aliphatic heterocycles.